The minimum atomic E-state index is 0.687. The molecule has 2 rings (SSSR count). The molecule has 0 aliphatic heterocycles. The van der Waals surface area contributed by atoms with E-state index in [4.69, 9.17) is 4.74 Å². The maximum Gasteiger partial charge on any atom is 0.119 e. The van der Waals surface area contributed by atoms with Crippen LogP contribution in [0.3, 0.4) is 0 Å². The summed E-state index contributed by atoms with van der Waals surface area (Å²) in [4.78, 5) is 4.49. The second kappa shape index (κ2) is 15.5. The van der Waals surface area contributed by atoms with Gasteiger partial charge in [0.2, 0.25) is 0 Å². The summed E-state index contributed by atoms with van der Waals surface area (Å²) < 4.78 is 5.86. The minimum Gasteiger partial charge on any atom is -0.494 e. The molecule has 2 nitrogen and oxygen atoms in total. The molecule has 0 aliphatic carbocycles. The van der Waals surface area contributed by atoms with Crippen molar-refractivity contribution in [3.05, 3.63) is 71.3 Å². The fourth-order valence-electron chi connectivity index (χ4n) is 3.35. The molecule has 0 saturated carbocycles. The van der Waals surface area contributed by atoms with Crippen LogP contribution in [0, 0.1) is 0 Å². The molecule has 2 aromatic carbocycles. The fraction of sp³-hybridized carbons (Fsp3) is 0.464. The SMILES string of the molecule is CCCCCCCCCCOc1ccc(C=NCC=Cc2ccc(CC)cc2)cc1. The van der Waals surface area contributed by atoms with Crippen molar-refractivity contribution in [3.8, 4) is 5.75 Å². The number of hydrogen-bond acceptors (Lipinski definition) is 2. The zero-order valence-corrected chi connectivity index (χ0v) is 19.0. The van der Waals surface area contributed by atoms with Crippen LogP contribution >= 0.6 is 0 Å². The number of ether oxygens (including phenoxy) is 1. The highest BCUT2D eigenvalue weighted by Crippen LogP contribution is 2.13. The van der Waals surface area contributed by atoms with E-state index in [1.165, 1.54) is 56.1 Å². The largest absolute Gasteiger partial charge is 0.494 e. The van der Waals surface area contributed by atoms with Gasteiger partial charge in [0.05, 0.1) is 13.2 Å². The van der Waals surface area contributed by atoms with Gasteiger partial charge in [0.15, 0.2) is 0 Å². The molecule has 0 aromatic heterocycles. The van der Waals surface area contributed by atoms with Gasteiger partial charge in [-0.3, -0.25) is 4.99 Å². The molecule has 0 bridgehead atoms. The molecule has 0 spiro atoms. The summed E-state index contributed by atoms with van der Waals surface area (Å²) >= 11 is 0. The van der Waals surface area contributed by atoms with E-state index in [1.807, 2.05) is 18.3 Å². The Morgan fingerprint density at radius 2 is 1.37 bits per heavy atom. The average molecular weight is 406 g/mol. The summed E-state index contributed by atoms with van der Waals surface area (Å²) in [6.45, 7) is 5.94. The van der Waals surface area contributed by atoms with Gasteiger partial charge < -0.3 is 4.74 Å². The van der Waals surface area contributed by atoms with E-state index in [0.717, 1.165) is 30.8 Å². The Balaban J connectivity index is 1.59. The zero-order chi connectivity index (χ0) is 21.3. The van der Waals surface area contributed by atoms with Crippen molar-refractivity contribution in [1.82, 2.24) is 0 Å². The minimum absolute atomic E-state index is 0.687. The van der Waals surface area contributed by atoms with Gasteiger partial charge in [-0.15, -0.1) is 0 Å². The van der Waals surface area contributed by atoms with Crippen molar-refractivity contribution < 1.29 is 4.74 Å². The van der Waals surface area contributed by atoms with Crippen molar-refractivity contribution in [1.29, 1.82) is 0 Å². The van der Waals surface area contributed by atoms with Gasteiger partial charge in [0, 0.05) is 6.21 Å². The van der Waals surface area contributed by atoms with Gasteiger partial charge >= 0.3 is 0 Å². The first-order chi connectivity index (χ1) is 14.8. The number of aliphatic imine (C=N–C) groups is 1. The first-order valence-corrected chi connectivity index (χ1v) is 11.8. The summed E-state index contributed by atoms with van der Waals surface area (Å²) in [6.07, 6.45) is 17.8. The van der Waals surface area contributed by atoms with E-state index in [-0.39, 0.29) is 0 Å². The smallest absolute Gasteiger partial charge is 0.119 e. The molecular formula is C28H39NO. The van der Waals surface area contributed by atoms with E-state index in [1.54, 1.807) is 0 Å². The topological polar surface area (TPSA) is 21.6 Å². The highest BCUT2D eigenvalue weighted by atomic mass is 16.5. The van der Waals surface area contributed by atoms with Crippen LogP contribution < -0.4 is 4.74 Å². The third-order valence-corrected chi connectivity index (χ3v) is 5.30. The molecule has 0 N–H and O–H groups in total. The van der Waals surface area contributed by atoms with Gasteiger partial charge in [0.1, 0.15) is 5.75 Å². The van der Waals surface area contributed by atoms with Gasteiger partial charge in [-0.05, 0) is 53.8 Å². The van der Waals surface area contributed by atoms with Gasteiger partial charge in [0.25, 0.3) is 0 Å². The maximum atomic E-state index is 5.86. The molecule has 0 atom stereocenters. The number of unbranched alkanes of at least 4 members (excludes halogenated alkanes) is 7. The van der Waals surface area contributed by atoms with Crippen molar-refractivity contribution in [2.45, 2.75) is 71.6 Å². The Labute approximate surface area is 184 Å². The van der Waals surface area contributed by atoms with Crippen LogP contribution in [0.2, 0.25) is 0 Å². The lowest BCUT2D eigenvalue weighted by atomic mass is 10.1. The summed E-state index contributed by atoms with van der Waals surface area (Å²) in [7, 11) is 0. The number of aryl methyl sites for hydroxylation is 1. The first kappa shape index (κ1) is 23.9. The number of rotatable bonds is 15. The standard InChI is InChI=1S/C28H39NO/c1-3-5-6-7-8-9-10-11-23-30-28-20-18-27(19-21-28)24-29-22-12-13-26-16-14-25(4-2)15-17-26/h12-21,24H,3-11,22-23H2,1-2H3. The Hall–Kier alpha value is -2.35. The van der Waals surface area contributed by atoms with E-state index in [2.05, 4.69) is 67.4 Å². The predicted octanol–water partition coefficient (Wildman–Crippen LogP) is 7.90. The van der Waals surface area contributed by atoms with Gasteiger partial charge in [-0.25, -0.2) is 0 Å². The lowest BCUT2D eigenvalue weighted by Crippen LogP contribution is -1.97. The van der Waals surface area contributed by atoms with Crippen molar-refractivity contribution in [3.63, 3.8) is 0 Å². The predicted molar refractivity (Wildman–Crippen MR) is 132 cm³/mol. The third-order valence-electron chi connectivity index (χ3n) is 5.30. The molecular weight excluding hydrogens is 366 g/mol. The molecule has 0 amide bonds. The number of nitrogens with zero attached hydrogens (tertiary/aromatic N) is 1. The molecule has 0 unspecified atom stereocenters. The van der Waals surface area contributed by atoms with E-state index in [9.17, 15) is 0 Å². The molecule has 2 aromatic rings. The average Bonchev–Trinajstić information content (AvgIpc) is 2.79. The molecule has 0 aliphatic rings. The summed E-state index contributed by atoms with van der Waals surface area (Å²) in [5.74, 6) is 0.950. The molecule has 2 heteroatoms. The lowest BCUT2D eigenvalue weighted by Gasteiger charge is -2.06. The Kier molecular flexibility index (Phi) is 12.3. The molecule has 0 saturated heterocycles. The molecule has 0 fully saturated rings. The zero-order valence-electron chi connectivity index (χ0n) is 19.0. The van der Waals surface area contributed by atoms with Crippen molar-refractivity contribution in [2.24, 2.45) is 4.99 Å². The van der Waals surface area contributed by atoms with Crippen LogP contribution in [0.4, 0.5) is 0 Å². The third kappa shape index (κ3) is 10.4. The van der Waals surface area contributed by atoms with Crippen LogP contribution in [-0.4, -0.2) is 19.4 Å². The molecule has 162 valence electrons. The Morgan fingerprint density at radius 1 is 0.733 bits per heavy atom. The monoisotopic (exact) mass is 405 g/mol. The fourth-order valence-corrected chi connectivity index (χ4v) is 3.35. The van der Waals surface area contributed by atoms with Crippen LogP contribution in [0.15, 0.2) is 59.6 Å². The number of benzene rings is 2. The summed E-state index contributed by atoms with van der Waals surface area (Å²) in [5, 5.41) is 0. The highest BCUT2D eigenvalue weighted by Gasteiger charge is 1.96. The lowest BCUT2D eigenvalue weighted by molar-refractivity contribution is 0.304. The quantitative estimate of drug-likeness (QED) is 0.218. The van der Waals surface area contributed by atoms with Crippen LogP contribution in [0.5, 0.6) is 5.75 Å². The van der Waals surface area contributed by atoms with Crippen LogP contribution in [0.1, 0.15) is 81.9 Å². The maximum absolute atomic E-state index is 5.86. The second-order valence-corrected chi connectivity index (χ2v) is 7.88. The highest BCUT2D eigenvalue weighted by molar-refractivity contribution is 5.79. The molecule has 30 heavy (non-hydrogen) atoms. The van der Waals surface area contributed by atoms with Crippen molar-refractivity contribution in [2.75, 3.05) is 13.2 Å². The van der Waals surface area contributed by atoms with E-state index in [0.29, 0.717) is 6.54 Å². The van der Waals surface area contributed by atoms with Crippen LogP contribution in [0.25, 0.3) is 6.08 Å². The molecule has 0 heterocycles. The van der Waals surface area contributed by atoms with Crippen molar-refractivity contribution >= 4 is 12.3 Å². The van der Waals surface area contributed by atoms with Gasteiger partial charge in [-0.2, -0.15) is 0 Å². The Bertz CT molecular complexity index is 728. The first-order valence-electron chi connectivity index (χ1n) is 11.8. The van der Waals surface area contributed by atoms with Gasteiger partial charge in [-0.1, -0.05) is 95.2 Å². The summed E-state index contributed by atoms with van der Waals surface area (Å²) in [5.41, 5.74) is 3.70. The van der Waals surface area contributed by atoms with E-state index < -0.39 is 0 Å². The van der Waals surface area contributed by atoms with E-state index >= 15 is 0 Å². The summed E-state index contributed by atoms with van der Waals surface area (Å²) in [6, 6.07) is 16.9. The normalized spacial score (nSPS) is 11.5. The molecule has 0 radical (unpaired) electrons. The Morgan fingerprint density at radius 3 is 2.03 bits per heavy atom. The van der Waals surface area contributed by atoms with Crippen LogP contribution in [-0.2, 0) is 6.42 Å². The number of hydrogen-bond donors (Lipinski definition) is 0. The second-order valence-electron chi connectivity index (χ2n) is 7.88.